The summed E-state index contributed by atoms with van der Waals surface area (Å²) in [5.74, 6) is -0.139. The van der Waals surface area contributed by atoms with Gasteiger partial charge in [-0.3, -0.25) is 14.9 Å². The highest BCUT2D eigenvalue weighted by Gasteiger charge is 2.40. The maximum Gasteiger partial charge on any atom is 0.214 e. The zero-order chi connectivity index (χ0) is 12.6. The second-order valence-electron chi connectivity index (χ2n) is 3.95. The molecule has 1 heterocycles. The lowest BCUT2D eigenvalue weighted by molar-refractivity contribution is -0.484. The number of carbonyl (C=O) groups is 1. The molecule has 0 saturated heterocycles. The van der Waals surface area contributed by atoms with Gasteiger partial charge in [-0.05, 0) is 25.1 Å². The van der Waals surface area contributed by atoms with Crippen LogP contribution in [0.5, 0.6) is 5.75 Å². The summed E-state index contributed by atoms with van der Waals surface area (Å²) in [5, 5.41) is 10.6. The van der Waals surface area contributed by atoms with Crippen LogP contribution in [0.3, 0.4) is 0 Å². The summed E-state index contributed by atoms with van der Waals surface area (Å²) >= 11 is 3.31. The molecule has 2 atom stereocenters. The second-order valence-corrected chi connectivity index (χ2v) is 4.87. The van der Waals surface area contributed by atoms with E-state index in [-0.39, 0.29) is 12.3 Å². The van der Waals surface area contributed by atoms with Crippen molar-refractivity contribution in [2.75, 3.05) is 6.54 Å². The molecule has 5 nitrogen and oxygen atoms in total. The highest BCUT2D eigenvalue weighted by molar-refractivity contribution is 9.10. The minimum absolute atomic E-state index is 0.191. The molecule has 17 heavy (non-hydrogen) atoms. The number of fused-ring (bicyclic) bond motifs is 1. The topological polar surface area (TPSA) is 69.4 Å². The fourth-order valence-electron chi connectivity index (χ4n) is 2.02. The Morgan fingerprint density at radius 3 is 2.88 bits per heavy atom. The quantitative estimate of drug-likeness (QED) is 0.633. The van der Waals surface area contributed by atoms with Crippen molar-refractivity contribution < 1.29 is 14.5 Å². The number of halogens is 1. The van der Waals surface area contributed by atoms with E-state index in [0.29, 0.717) is 5.75 Å². The number of rotatable bonds is 3. The van der Waals surface area contributed by atoms with Gasteiger partial charge in [0.2, 0.25) is 6.54 Å². The third kappa shape index (κ3) is 2.31. The number of benzene rings is 1. The minimum atomic E-state index is -0.746. The van der Waals surface area contributed by atoms with Crippen LogP contribution in [0.4, 0.5) is 0 Å². The molecule has 0 N–H and O–H groups in total. The lowest BCUT2D eigenvalue weighted by atomic mass is 9.94. The van der Waals surface area contributed by atoms with Gasteiger partial charge < -0.3 is 4.74 Å². The minimum Gasteiger partial charge on any atom is -0.481 e. The van der Waals surface area contributed by atoms with Crippen molar-refractivity contribution in [3.8, 4) is 5.75 Å². The second kappa shape index (κ2) is 4.44. The van der Waals surface area contributed by atoms with Crippen molar-refractivity contribution in [3.63, 3.8) is 0 Å². The summed E-state index contributed by atoms with van der Waals surface area (Å²) in [6.07, 6.45) is -0.746. The Bertz CT molecular complexity index is 488. The normalized spacial score (nSPS) is 21.8. The highest BCUT2D eigenvalue weighted by atomic mass is 79.9. The molecule has 0 aromatic heterocycles. The van der Waals surface area contributed by atoms with E-state index in [0.717, 1.165) is 10.0 Å². The molecule has 0 unspecified atom stereocenters. The number of ether oxygens (including phenoxy) is 1. The molecule has 2 rings (SSSR count). The molecule has 1 aliphatic heterocycles. The number of carbonyl (C=O) groups excluding carboxylic acids is 1. The first kappa shape index (κ1) is 12.0. The SMILES string of the molecule is CC(=O)[C@@H]1Oc2ccc(Br)cc2[C@H]1C[N+](=O)[O-]. The molecule has 1 aliphatic rings. The van der Waals surface area contributed by atoms with Gasteiger partial charge in [-0.25, -0.2) is 0 Å². The van der Waals surface area contributed by atoms with E-state index in [1.165, 1.54) is 6.92 Å². The van der Waals surface area contributed by atoms with Crippen LogP contribution >= 0.6 is 15.9 Å². The number of nitro groups is 1. The lowest BCUT2D eigenvalue weighted by Crippen LogP contribution is -2.31. The zero-order valence-corrected chi connectivity index (χ0v) is 10.6. The van der Waals surface area contributed by atoms with Crippen LogP contribution in [0.25, 0.3) is 0 Å². The number of Topliss-reactive ketones (excluding diaryl/α,β-unsaturated/α-hetero) is 1. The van der Waals surface area contributed by atoms with Crippen LogP contribution in [-0.4, -0.2) is 23.4 Å². The molecule has 0 fully saturated rings. The van der Waals surface area contributed by atoms with Crippen LogP contribution < -0.4 is 4.74 Å². The Balaban J connectivity index is 2.40. The van der Waals surface area contributed by atoms with Gasteiger partial charge >= 0.3 is 0 Å². The van der Waals surface area contributed by atoms with Gasteiger partial charge in [-0.2, -0.15) is 0 Å². The molecule has 0 amide bonds. The van der Waals surface area contributed by atoms with Crippen LogP contribution in [0.15, 0.2) is 22.7 Å². The van der Waals surface area contributed by atoms with Gasteiger partial charge in [-0.1, -0.05) is 15.9 Å². The van der Waals surface area contributed by atoms with Crippen molar-refractivity contribution in [1.82, 2.24) is 0 Å². The van der Waals surface area contributed by atoms with E-state index in [2.05, 4.69) is 15.9 Å². The molecule has 1 aromatic carbocycles. The van der Waals surface area contributed by atoms with E-state index < -0.39 is 16.9 Å². The largest absolute Gasteiger partial charge is 0.481 e. The first-order valence-corrected chi connectivity index (χ1v) is 5.86. The number of ketones is 1. The van der Waals surface area contributed by atoms with E-state index >= 15 is 0 Å². The first-order chi connectivity index (χ1) is 7.99. The van der Waals surface area contributed by atoms with Gasteiger partial charge in [0.25, 0.3) is 0 Å². The molecule has 0 spiro atoms. The van der Waals surface area contributed by atoms with E-state index in [1.54, 1.807) is 18.2 Å². The number of hydrogen-bond donors (Lipinski definition) is 0. The Kier molecular flexibility index (Phi) is 3.15. The van der Waals surface area contributed by atoms with Crippen molar-refractivity contribution in [2.24, 2.45) is 0 Å². The summed E-state index contributed by atoms with van der Waals surface area (Å²) < 4.78 is 6.28. The summed E-state index contributed by atoms with van der Waals surface area (Å²) in [6.45, 7) is 1.09. The summed E-state index contributed by atoms with van der Waals surface area (Å²) in [7, 11) is 0. The van der Waals surface area contributed by atoms with Crippen molar-refractivity contribution in [2.45, 2.75) is 18.9 Å². The Labute approximate surface area is 106 Å². The van der Waals surface area contributed by atoms with E-state index in [9.17, 15) is 14.9 Å². The predicted molar refractivity (Wildman–Crippen MR) is 63.8 cm³/mol. The zero-order valence-electron chi connectivity index (χ0n) is 9.05. The van der Waals surface area contributed by atoms with Crippen LogP contribution in [0, 0.1) is 10.1 Å². The summed E-state index contributed by atoms with van der Waals surface area (Å²) in [6, 6.07) is 5.27. The predicted octanol–water partition coefficient (Wildman–Crippen LogP) is 2.16. The molecule has 0 aliphatic carbocycles. The summed E-state index contributed by atoms with van der Waals surface area (Å²) in [5.41, 5.74) is 0.719. The lowest BCUT2D eigenvalue weighted by Gasteiger charge is -2.12. The average Bonchev–Trinajstić information content (AvgIpc) is 2.56. The average molecular weight is 300 g/mol. The third-order valence-electron chi connectivity index (χ3n) is 2.74. The van der Waals surface area contributed by atoms with Crippen LogP contribution in [0.1, 0.15) is 18.4 Å². The molecule has 0 bridgehead atoms. The van der Waals surface area contributed by atoms with Crippen LogP contribution in [-0.2, 0) is 4.79 Å². The van der Waals surface area contributed by atoms with Gasteiger partial charge in [0, 0.05) is 15.0 Å². The standard InChI is InChI=1S/C11H10BrNO4/c1-6(14)11-9(5-13(15)16)8-4-7(12)2-3-10(8)17-11/h2-4,9,11H,5H2,1H3/t9-,11+/m1/s1. The molecular weight excluding hydrogens is 290 g/mol. The Morgan fingerprint density at radius 2 is 2.29 bits per heavy atom. The molecular formula is C11H10BrNO4. The first-order valence-electron chi connectivity index (χ1n) is 5.07. The molecule has 6 heteroatoms. The van der Waals surface area contributed by atoms with Gasteiger partial charge in [0.1, 0.15) is 5.75 Å². The van der Waals surface area contributed by atoms with Crippen molar-refractivity contribution in [1.29, 1.82) is 0 Å². The van der Waals surface area contributed by atoms with Gasteiger partial charge in [-0.15, -0.1) is 0 Å². The maximum atomic E-state index is 11.4. The van der Waals surface area contributed by atoms with Crippen LogP contribution in [0.2, 0.25) is 0 Å². The fourth-order valence-corrected chi connectivity index (χ4v) is 2.40. The maximum absolute atomic E-state index is 11.4. The third-order valence-corrected chi connectivity index (χ3v) is 3.23. The van der Waals surface area contributed by atoms with E-state index in [1.807, 2.05) is 0 Å². The monoisotopic (exact) mass is 299 g/mol. The smallest absolute Gasteiger partial charge is 0.214 e. The van der Waals surface area contributed by atoms with Crippen molar-refractivity contribution in [3.05, 3.63) is 38.3 Å². The van der Waals surface area contributed by atoms with Crippen molar-refractivity contribution >= 4 is 21.7 Å². The summed E-state index contributed by atoms with van der Waals surface area (Å²) in [4.78, 5) is 21.7. The van der Waals surface area contributed by atoms with E-state index in [4.69, 9.17) is 4.74 Å². The molecule has 0 saturated carbocycles. The fraction of sp³-hybridized carbons (Fsp3) is 0.364. The molecule has 90 valence electrons. The number of nitrogens with zero attached hydrogens (tertiary/aromatic N) is 1. The number of hydrogen-bond acceptors (Lipinski definition) is 4. The van der Waals surface area contributed by atoms with Gasteiger partial charge in [0.05, 0.1) is 5.92 Å². The Hall–Kier alpha value is -1.43. The molecule has 0 radical (unpaired) electrons. The molecule has 1 aromatic rings. The Morgan fingerprint density at radius 1 is 1.59 bits per heavy atom. The van der Waals surface area contributed by atoms with Gasteiger partial charge in [0.15, 0.2) is 11.9 Å². The highest BCUT2D eigenvalue weighted by Crippen LogP contribution is 2.40.